The fourth-order valence-corrected chi connectivity index (χ4v) is 5.78. The molecule has 0 aliphatic carbocycles. The quantitative estimate of drug-likeness (QED) is 0.120. The highest BCUT2D eigenvalue weighted by atomic mass is 28.3. The zero-order valence-corrected chi connectivity index (χ0v) is 28.8. The average Bonchev–Trinajstić information content (AvgIpc) is 3.25. The molecule has 7 nitrogen and oxygen atoms in total. The number of carbonyl (C=O) groups is 2. The minimum absolute atomic E-state index is 0.0156. The van der Waals surface area contributed by atoms with Gasteiger partial charge in [-0.1, -0.05) is 73.8 Å². The molecule has 44 heavy (non-hydrogen) atoms. The van der Waals surface area contributed by atoms with Crippen molar-refractivity contribution in [2.45, 2.75) is 103 Å². The molecule has 0 aromatic heterocycles. The van der Waals surface area contributed by atoms with Gasteiger partial charge >= 0.3 is 11.9 Å². The van der Waals surface area contributed by atoms with Gasteiger partial charge in [-0.25, -0.2) is 9.59 Å². The Kier molecular flexibility index (Phi) is 12.7. The van der Waals surface area contributed by atoms with Crippen LogP contribution in [0.3, 0.4) is 0 Å². The van der Waals surface area contributed by atoms with Crippen LogP contribution in [0.15, 0.2) is 60.7 Å². The second-order valence-corrected chi connectivity index (χ2v) is 18.8. The van der Waals surface area contributed by atoms with E-state index in [2.05, 4.69) is 19.6 Å². The molecule has 4 atom stereocenters. The number of esters is 2. The number of methoxy groups -OCH3 is 1. The number of ether oxygens (including phenoxy) is 5. The van der Waals surface area contributed by atoms with Crippen molar-refractivity contribution < 1.29 is 33.3 Å². The molecular formula is C36H50O7Si. The van der Waals surface area contributed by atoms with Crippen LogP contribution in [0.5, 0.6) is 0 Å². The molecule has 8 heteroatoms. The fourth-order valence-electron chi connectivity index (χ4n) is 5.07. The summed E-state index contributed by atoms with van der Waals surface area (Å²) in [6.45, 7) is 16.9. The van der Waals surface area contributed by atoms with Gasteiger partial charge in [0.25, 0.3) is 0 Å². The lowest BCUT2D eigenvalue weighted by molar-refractivity contribution is -0.152. The van der Waals surface area contributed by atoms with E-state index in [4.69, 9.17) is 23.7 Å². The van der Waals surface area contributed by atoms with Crippen molar-refractivity contribution in [3.63, 3.8) is 0 Å². The lowest BCUT2D eigenvalue weighted by Crippen LogP contribution is -2.37. The standard InChI is InChI=1S/C36H50O7Si/c1-25-23-26(2)32(35(38)40-21-22-44(7,8)9)29(24-25)18-14-20-31-33(43-36(4,5)42-31)30(19-13-15-27(3)39-6)41-34(37)28-16-11-10-12-17-28/h10-14,16-19,23-24,27,30-31,33H,15,20-22H2,1-9H3/b18-14+,19-13-/t27-,30?,31-,33?/m0/s1. The van der Waals surface area contributed by atoms with Crippen molar-refractivity contribution in [3.05, 3.63) is 88.5 Å². The average molecular weight is 623 g/mol. The molecule has 0 spiro atoms. The Morgan fingerprint density at radius 1 is 1.02 bits per heavy atom. The van der Waals surface area contributed by atoms with Gasteiger partial charge in [0.1, 0.15) is 12.2 Å². The summed E-state index contributed by atoms with van der Waals surface area (Å²) in [6, 6.07) is 13.8. The first-order valence-corrected chi connectivity index (χ1v) is 19.2. The summed E-state index contributed by atoms with van der Waals surface area (Å²) in [4.78, 5) is 26.3. The van der Waals surface area contributed by atoms with Crippen LogP contribution < -0.4 is 0 Å². The van der Waals surface area contributed by atoms with Crippen molar-refractivity contribution >= 4 is 26.1 Å². The van der Waals surface area contributed by atoms with Crippen molar-refractivity contribution in [3.8, 4) is 0 Å². The summed E-state index contributed by atoms with van der Waals surface area (Å²) in [5.74, 6) is -1.61. The first kappa shape index (κ1) is 35.4. The Hall–Kier alpha value is -3.04. The van der Waals surface area contributed by atoms with Crippen LogP contribution in [0.2, 0.25) is 25.7 Å². The van der Waals surface area contributed by atoms with Gasteiger partial charge in [0, 0.05) is 15.2 Å². The Morgan fingerprint density at radius 2 is 1.73 bits per heavy atom. The zero-order valence-electron chi connectivity index (χ0n) is 27.8. The number of carbonyl (C=O) groups excluding carboxylic acids is 2. The highest BCUT2D eigenvalue weighted by Crippen LogP contribution is 2.34. The lowest BCUT2D eigenvalue weighted by Gasteiger charge is -2.24. The molecule has 1 fully saturated rings. The van der Waals surface area contributed by atoms with Gasteiger partial charge in [-0.05, 0) is 82.8 Å². The highest BCUT2D eigenvalue weighted by molar-refractivity contribution is 6.76. The van der Waals surface area contributed by atoms with Crippen LogP contribution in [-0.2, 0) is 23.7 Å². The first-order chi connectivity index (χ1) is 20.7. The summed E-state index contributed by atoms with van der Waals surface area (Å²) in [7, 11) is 0.335. The van der Waals surface area contributed by atoms with E-state index in [9.17, 15) is 9.59 Å². The predicted molar refractivity (Wildman–Crippen MR) is 178 cm³/mol. The molecule has 2 aromatic carbocycles. The van der Waals surface area contributed by atoms with E-state index in [1.165, 1.54) is 0 Å². The maximum atomic E-state index is 13.2. The molecule has 0 radical (unpaired) electrons. The van der Waals surface area contributed by atoms with E-state index in [1.807, 2.05) is 77.1 Å². The van der Waals surface area contributed by atoms with Gasteiger partial charge in [0.2, 0.25) is 0 Å². The predicted octanol–water partition coefficient (Wildman–Crippen LogP) is 7.93. The maximum absolute atomic E-state index is 13.2. The molecule has 1 aliphatic heterocycles. The van der Waals surface area contributed by atoms with Gasteiger partial charge in [0.05, 0.1) is 29.9 Å². The lowest BCUT2D eigenvalue weighted by atomic mass is 9.97. The summed E-state index contributed by atoms with van der Waals surface area (Å²) < 4.78 is 29.8. The number of benzene rings is 2. The van der Waals surface area contributed by atoms with Crippen molar-refractivity contribution in [1.29, 1.82) is 0 Å². The fraction of sp³-hybridized carbons (Fsp3) is 0.500. The number of hydrogen-bond donors (Lipinski definition) is 0. The minimum Gasteiger partial charge on any atom is -0.462 e. The van der Waals surface area contributed by atoms with E-state index >= 15 is 0 Å². The summed E-state index contributed by atoms with van der Waals surface area (Å²) >= 11 is 0. The monoisotopic (exact) mass is 622 g/mol. The molecule has 0 bridgehead atoms. The van der Waals surface area contributed by atoms with E-state index in [-0.39, 0.29) is 12.1 Å². The molecule has 1 aliphatic rings. The van der Waals surface area contributed by atoms with Crippen molar-refractivity contribution in [1.82, 2.24) is 0 Å². The second kappa shape index (κ2) is 15.8. The third kappa shape index (κ3) is 10.8. The van der Waals surface area contributed by atoms with Crippen LogP contribution in [-0.4, -0.2) is 63.9 Å². The van der Waals surface area contributed by atoms with Gasteiger partial charge in [-0.3, -0.25) is 0 Å². The molecule has 0 N–H and O–H groups in total. The Bertz CT molecular complexity index is 1310. The van der Waals surface area contributed by atoms with Crippen LogP contribution >= 0.6 is 0 Å². The third-order valence-corrected chi connectivity index (χ3v) is 9.16. The molecule has 0 amide bonds. The summed E-state index contributed by atoms with van der Waals surface area (Å²) in [5.41, 5.74) is 3.78. The second-order valence-electron chi connectivity index (χ2n) is 13.2. The van der Waals surface area contributed by atoms with Gasteiger partial charge in [-0.2, -0.15) is 0 Å². The first-order valence-electron chi connectivity index (χ1n) is 15.4. The van der Waals surface area contributed by atoms with Gasteiger partial charge < -0.3 is 23.7 Å². The number of hydrogen-bond acceptors (Lipinski definition) is 7. The zero-order chi connectivity index (χ0) is 32.5. The molecule has 2 aromatic rings. The van der Waals surface area contributed by atoms with Gasteiger partial charge in [-0.15, -0.1) is 0 Å². The SMILES string of the molecule is CO[C@@H](C)C/C=C\C(OC(=O)c1ccccc1)C1OC(C)(C)O[C@H]1C/C=C/c1cc(C)cc(C)c1C(=O)OCC[Si](C)(C)C. The van der Waals surface area contributed by atoms with E-state index in [1.54, 1.807) is 31.4 Å². The third-order valence-electron chi connectivity index (χ3n) is 7.46. The maximum Gasteiger partial charge on any atom is 0.338 e. The van der Waals surface area contributed by atoms with Crippen LogP contribution in [0.25, 0.3) is 6.08 Å². The summed E-state index contributed by atoms with van der Waals surface area (Å²) in [5, 5.41) is 0. The molecule has 240 valence electrons. The minimum atomic E-state index is -1.33. The molecule has 0 saturated carbocycles. The molecule has 1 saturated heterocycles. The van der Waals surface area contributed by atoms with Crippen LogP contribution in [0.1, 0.15) is 71.0 Å². The van der Waals surface area contributed by atoms with E-state index in [0.29, 0.717) is 30.6 Å². The summed E-state index contributed by atoms with van der Waals surface area (Å²) in [6.07, 6.45) is 7.25. The molecule has 2 unspecified atom stereocenters. The largest absolute Gasteiger partial charge is 0.462 e. The highest BCUT2D eigenvalue weighted by Gasteiger charge is 2.45. The van der Waals surface area contributed by atoms with Crippen molar-refractivity contribution in [2.75, 3.05) is 13.7 Å². The Morgan fingerprint density at radius 3 is 2.39 bits per heavy atom. The number of aryl methyl sites for hydroxylation is 2. The number of rotatable bonds is 14. The molecular weight excluding hydrogens is 572 g/mol. The normalized spacial score (nSPS) is 19.8. The smallest absolute Gasteiger partial charge is 0.338 e. The Balaban J connectivity index is 1.84. The topological polar surface area (TPSA) is 80.3 Å². The van der Waals surface area contributed by atoms with E-state index < -0.39 is 38.1 Å². The Labute approximate surface area is 264 Å². The molecule has 3 rings (SSSR count). The van der Waals surface area contributed by atoms with Crippen LogP contribution in [0.4, 0.5) is 0 Å². The van der Waals surface area contributed by atoms with E-state index in [0.717, 1.165) is 22.7 Å². The molecule has 1 heterocycles. The van der Waals surface area contributed by atoms with Gasteiger partial charge in [0.15, 0.2) is 5.79 Å². The van der Waals surface area contributed by atoms with Crippen LogP contribution in [0, 0.1) is 13.8 Å². The van der Waals surface area contributed by atoms with Crippen molar-refractivity contribution in [2.24, 2.45) is 0 Å².